The molecule has 1 heterocycles. The second kappa shape index (κ2) is 7.14. The van der Waals surface area contributed by atoms with Crippen molar-refractivity contribution in [2.45, 2.75) is 11.3 Å². The third kappa shape index (κ3) is 3.53. The van der Waals surface area contributed by atoms with Crippen LogP contribution in [0.2, 0.25) is 0 Å². The lowest BCUT2D eigenvalue weighted by atomic mass is 10.1. The quantitative estimate of drug-likeness (QED) is 0.487. The number of nitrogens with one attached hydrogen (secondary N) is 2. The van der Waals surface area contributed by atoms with Gasteiger partial charge in [0, 0.05) is 29.7 Å². The molecule has 136 valence electrons. The monoisotopic (exact) mass is 375 g/mol. The third-order valence-corrected chi connectivity index (χ3v) is 5.52. The first kappa shape index (κ1) is 17.9. The number of hydrogen-bond donors (Lipinski definition) is 2. The van der Waals surface area contributed by atoms with Crippen molar-refractivity contribution in [1.29, 1.82) is 0 Å². The van der Waals surface area contributed by atoms with Gasteiger partial charge in [0.1, 0.15) is 5.75 Å². The Labute approximate surface area is 150 Å². The van der Waals surface area contributed by atoms with E-state index in [2.05, 4.69) is 9.71 Å². The number of sulfonamides is 1. The van der Waals surface area contributed by atoms with E-state index in [0.717, 1.165) is 16.5 Å². The number of nitro groups is 1. The first-order valence-electron chi connectivity index (χ1n) is 7.79. The van der Waals surface area contributed by atoms with Gasteiger partial charge < -0.3 is 9.72 Å². The van der Waals surface area contributed by atoms with E-state index >= 15 is 0 Å². The molecule has 3 rings (SSSR count). The van der Waals surface area contributed by atoms with Crippen LogP contribution in [0, 0.1) is 10.1 Å². The van der Waals surface area contributed by atoms with Crippen molar-refractivity contribution in [3.63, 3.8) is 0 Å². The molecular weight excluding hydrogens is 358 g/mol. The molecule has 0 radical (unpaired) electrons. The van der Waals surface area contributed by atoms with Gasteiger partial charge >= 0.3 is 0 Å². The van der Waals surface area contributed by atoms with Gasteiger partial charge in [-0.2, -0.15) is 0 Å². The second-order valence-corrected chi connectivity index (χ2v) is 7.33. The first-order valence-corrected chi connectivity index (χ1v) is 9.28. The fourth-order valence-electron chi connectivity index (χ4n) is 2.72. The van der Waals surface area contributed by atoms with Crippen LogP contribution in [-0.4, -0.2) is 32.0 Å². The Morgan fingerprint density at radius 3 is 2.73 bits per heavy atom. The molecule has 0 spiro atoms. The molecule has 0 unspecified atom stereocenters. The van der Waals surface area contributed by atoms with Crippen molar-refractivity contribution >= 4 is 26.6 Å². The Kier molecular flexibility index (Phi) is 4.92. The van der Waals surface area contributed by atoms with E-state index in [4.69, 9.17) is 4.74 Å². The van der Waals surface area contributed by atoms with Crippen LogP contribution in [0.5, 0.6) is 5.75 Å². The van der Waals surface area contributed by atoms with E-state index in [1.54, 1.807) is 7.11 Å². The zero-order chi connectivity index (χ0) is 18.7. The summed E-state index contributed by atoms with van der Waals surface area (Å²) in [4.78, 5) is 13.1. The smallest absolute Gasteiger partial charge is 0.289 e. The van der Waals surface area contributed by atoms with Crippen LogP contribution < -0.4 is 9.46 Å². The minimum absolute atomic E-state index is 0.110. The maximum atomic E-state index is 12.4. The molecule has 8 nitrogen and oxygen atoms in total. The molecular formula is C17H17N3O5S. The minimum Gasteiger partial charge on any atom is -0.497 e. The van der Waals surface area contributed by atoms with E-state index in [0.29, 0.717) is 12.2 Å². The van der Waals surface area contributed by atoms with Crippen molar-refractivity contribution in [3.8, 4) is 5.75 Å². The molecule has 9 heteroatoms. The summed E-state index contributed by atoms with van der Waals surface area (Å²) in [6.07, 6.45) is 2.23. The molecule has 26 heavy (non-hydrogen) atoms. The summed E-state index contributed by atoms with van der Waals surface area (Å²) >= 11 is 0. The molecule has 2 N–H and O–H groups in total. The molecule has 0 saturated carbocycles. The highest BCUT2D eigenvalue weighted by Gasteiger charge is 2.24. The number of methoxy groups -OCH3 is 1. The molecule has 0 aliphatic rings. The van der Waals surface area contributed by atoms with Crippen molar-refractivity contribution in [3.05, 3.63) is 64.3 Å². The van der Waals surface area contributed by atoms with Gasteiger partial charge in [-0.3, -0.25) is 10.1 Å². The van der Waals surface area contributed by atoms with Crippen molar-refractivity contribution in [2.75, 3.05) is 13.7 Å². The van der Waals surface area contributed by atoms with Crippen LogP contribution in [0.4, 0.5) is 5.69 Å². The molecule has 2 aromatic carbocycles. The number of fused-ring (bicyclic) bond motifs is 1. The van der Waals surface area contributed by atoms with E-state index in [1.165, 1.54) is 24.3 Å². The molecule has 0 bridgehead atoms. The number of nitro benzene ring substituents is 1. The van der Waals surface area contributed by atoms with Gasteiger partial charge in [-0.25, -0.2) is 13.1 Å². The van der Waals surface area contributed by atoms with Crippen LogP contribution in [0.1, 0.15) is 5.56 Å². The number of aromatic amines is 1. The van der Waals surface area contributed by atoms with Crippen LogP contribution in [0.3, 0.4) is 0 Å². The zero-order valence-corrected chi connectivity index (χ0v) is 14.7. The van der Waals surface area contributed by atoms with E-state index < -0.39 is 20.6 Å². The number of para-hydroxylation sites is 1. The van der Waals surface area contributed by atoms with Gasteiger partial charge in [-0.05, 0) is 36.2 Å². The number of hydrogen-bond acceptors (Lipinski definition) is 5. The Hall–Kier alpha value is -2.91. The highest BCUT2D eigenvalue weighted by molar-refractivity contribution is 7.89. The van der Waals surface area contributed by atoms with Gasteiger partial charge in [-0.1, -0.05) is 12.1 Å². The first-order chi connectivity index (χ1) is 12.4. The lowest BCUT2D eigenvalue weighted by molar-refractivity contribution is -0.387. The predicted octanol–water partition coefficient (Wildman–Crippen LogP) is 2.61. The topological polar surface area (TPSA) is 114 Å². The second-order valence-electron chi connectivity index (χ2n) is 5.60. The average Bonchev–Trinajstić information content (AvgIpc) is 3.03. The number of nitrogens with zero attached hydrogens (tertiary/aromatic N) is 1. The summed E-state index contributed by atoms with van der Waals surface area (Å²) in [6.45, 7) is 0.110. The molecule has 0 aliphatic carbocycles. The standard InChI is InChI=1S/C17H17N3O5S/c1-25-13-6-7-15-14(10-13)12(11-18-15)8-9-19-26(23,24)17-5-3-2-4-16(17)20(21)22/h2-7,10-11,18-19H,8-9H2,1H3. The molecule has 3 aromatic rings. The Morgan fingerprint density at radius 1 is 1.23 bits per heavy atom. The molecule has 0 atom stereocenters. The van der Waals surface area contributed by atoms with Gasteiger partial charge in [0.15, 0.2) is 4.90 Å². The lowest BCUT2D eigenvalue weighted by Gasteiger charge is -2.07. The third-order valence-electron chi connectivity index (χ3n) is 4.01. The minimum atomic E-state index is -3.98. The van der Waals surface area contributed by atoms with Gasteiger partial charge in [-0.15, -0.1) is 0 Å². The molecule has 1 aromatic heterocycles. The van der Waals surface area contributed by atoms with Crippen LogP contribution in [-0.2, 0) is 16.4 Å². The largest absolute Gasteiger partial charge is 0.497 e. The highest BCUT2D eigenvalue weighted by Crippen LogP contribution is 2.25. The molecule has 0 aliphatic heterocycles. The van der Waals surface area contributed by atoms with E-state index in [1.807, 2.05) is 24.4 Å². The summed E-state index contributed by atoms with van der Waals surface area (Å²) in [5, 5.41) is 12.0. The summed E-state index contributed by atoms with van der Waals surface area (Å²) in [5.74, 6) is 0.707. The Balaban J connectivity index is 1.77. The molecule has 0 amide bonds. The fourth-order valence-corrected chi connectivity index (χ4v) is 3.93. The maximum Gasteiger partial charge on any atom is 0.289 e. The van der Waals surface area contributed by atoms with Crippen LogP contribution in [0.15, 0.2) is 53.6 Å². The van der Waals surface area contributed by atoms with Gasteiger partial charge in [0.25, 0.3) is 5.69 Å². The fraction of sp³-hybridized carbons (Fsp3) is 0.176. The average molecular weight is 375 g/mol. The zero-order valence-electron chi connectivity index (χ0n) is 13.9. The Bertz CT molecular complexity index is 1060. The van der Waals surface area contributed by atoms with E-state index in [9.17, 15) is 18.5 Å². The van der Waals surface area contributed by atoms with Crippen LogP contribution >= 0.6 is 0 Å². The number of ether oxygens (including phenoxy) is 1. The van der Waals surface area contributed by atoms with Gasteiger partial charge in [0.2, 0.25) is 10.0 Å². The van der Waals surface area contributed by atoms with Crippen molar-refractivity contribution < 1.29 is 18.1 Å². The van der Waals surface area contributed by atoms with Crippen molar-refractivity contribution in [2.24, 2.45) is 0 Å². The lowest BCUT2D eigenvalue weighted by Crippen LogP contribution is -2.26. The Morgan fingerprint density at radius 2 is 2.00 bits per heavy atom. The number of benzene rings is 2. The number of rotatable bonds is 7. The number of H-pyrrole nitrogens is 1. The summed E-state index contributed by atoms with van der Waals surface area (Å²) in [6, 6.07) is 10.9. The highest BCUT2D eigenvalue weighted by atomic mass is 32.2. The summed E-state index contributed by atoms with van der Waals surface area (Å²) in [5.41, 5.74) is 1.39. The maximum absolute atomic E-state index is 12.4. The van der Waals surface area contributed by atoms with E-state index in [-0.39, 0.29) is 11.4 Å². The predicted molar refractivity (Wildman–Crippen MR) is 96.8 cm³/mol. The van der Waals surface area contributed by atoms with Crippen molar-refractivity contribution in [1.82, 2.24) is 9.71 Å². The SMILES string of the molecule is COc1ccc2[nH]cc(CCNS(=O)(=O)c3ccccc3[N+](=O)[O-])c2c1. The molecule has 0 saturated heterocycles. The summed E-state index contributed by atoms with van der Waals surface area (Å²) < 4.78 is 32.4. The summed E-state index contributed by atoms with van der Waals surface area (Å²) in [7, 11) is -2.40. The normalized spacial score (nSPS) is 11.6. The molecule has 0 fully saturated rings. The van der Waals surface area contributed by atoms with Gasteiger partial charge in [0.05, 0.1) is 12.0 Å². The number of aromatic nitrogens is 1. The van der Waals surface area contributed by atoms with Crippen LogP contribution in [0.25, 0.3) is 10.9 Å².